The fourth-order valence-electron chi connectivity index (χ4n) is 3.64. The van der Waals surface area contributed by atoms with Crippen molar-refractivity contribution in [1.29, 1.82) is 0 Å². The number of nitrogens with zero attached hydrogens (tertiary/aromatic N) is 4. The van der Waals surface area contributed by atoms with Gasteiger partial charge in [0.25, 0.3) is 0 Å². The monoisotopic (exact) mass is 385 g/mol. The average Bonchev–Trinajstić information content (AvgIpc) is 3.13. The van der Waals surface area contributed by atoms with Gasteiger partial charge in [-0.25, -0.2) is 4.98 Å². The van der Waals surface area contributed by atoms with E-state index in [0.29, 0.717) is 0 Å². The normalized spacial score (nSPS) is 14.0. The van der Waals surface area contributed by atoms with Gasteiger partial charge in [-0.15, -0.1) is 0 Å². The van der Waals surface area contributed by atoms with E-state index in [1.54, 1.807) is 14.2 Å². The molecule has 0 bridgehead atoms. The molecule has 1 aliphatic heterocycles. The minimum atomic E-state index is 0.779. The van der Waals surface area contributed by atoms with Crippen molar-refractivity contribution in [3.8, 4) is 11.5 Å². The summed E-state index contributed by atoms with van der Waals surface area (Å²) in [5, 5.41) is 3.51. The molecule has 1 aromatic carbocycles. The molecule has 0 unspecified atom stereocenters. The largest absolute Gasteiger partial charge is 0.493 e. The Bertz CT molecular complexity index is 815. The van der Waals surface area contributed by atoms with Crippen LogP contribution < -0.4 is 14.8 Å². The van der Waals surface area contributed by atoms with Crippen molar-refractivity contribution in [3.63, 3.8) is 0 Å². The van der Waals surface area contributed by atoms with E-state index in [9.17, 15) is 0 Å². The van der Waals surface area contributed by atoms with Gasteiger partial charge in [0, 0.05) is 45.6 Å². The molecule has 0 atom stereocenters. The number of aliphatic imine (C=N–C) groups is 1. The van der Waals surface area contributed by atoms with Gasteiger partial charge in [0.05, 0.1) is 14.2 Å². The summed E-state index contributed by atoms with van der Waals surface area (Å²) in [5.74, 6) is 3.60. The average molecular weight is 386 g/mol. The van der Waals surface area contributed by atoms with Crippen LogP contribution in [0.3, 0.4) is 0 Å². The van der Waals surface area contributed by atoms with Crippen LogP contribution in [-0.2, 0) is 19.5 Å². The lowest BCUT2D eigenvalue weighted by Crippen LogP contribution is -2.44. The number of nitrogens with one attached hydrogen (secondary N) is 1. The van der Waals surface area contributed by atoms with Gasteiger partial charge >= 0.3 is 0 Å². The zero-order chi connectivity index (χ0) is 19.9. The highest BCUT2D eigenvalue weighted by molar-refractivity contribution is 5.80. The summed E-state index contributed by atoms with van der Waals surface area (Å²) in [6, 6.07) is 4.18. The quantitative estimate of drug-likeness (QED) is 0.451. The third-order valence-corrected chi connectivity index (χ3v) is 5.26. The van der Waals surface area contributed by atoms with Crippen LogP contribution in [0.1, 0.15) is 29.8 Å². The molecule has 1 N–H and O–H groups in total. The highest BCUT2D eigenvalue weighted by atomic mass is 16.5. The Morgan fingerprint density at radius 2 is 1.93 bits per heavy atom. The van der Waals surface area contributed by atoms with E-state index in [-0.39, 0.29) is 0 Å². The Morgan fingerprint density at radius 1 is 1.18 bits per heavy atom. The molecule has 3 rings (SSSR count). The predicted molar refractivity (Wildman–Crippen MR) is 111 cm³/mol. The molecular formula is C21H31N5O2. The first-order valence-corrected chi connectivity index (χ1v) is 9.83. The van der Waals surface area contributed by atoms with Crippen LogP contribution in [0.5, 0.6) is 11.5 Å². The lowest BCUT2D eigenvalue weighted by Gasteiger charge is -2.32. The molecule has 0 spiro atoms. The number of benzene rings is 1. The Labute approximate surface area is 167 Å². The molecule has 0 fully saturated rings. The molecule has 1 aliphatic rings. The van der Waals surface area contributed by atoms with E-state index < -0.39 is 0 Å². The van der Waals surface area contributed by atoms with E-state index in [0.717, 1.165) is 68.7 Å². The number of hydrogen-bond donors (Lipinski definition) is 1. The fourth-order valence-corrected chi connectivity index (χ4v) is 3.64. The molecule has 0 saturated carbocycles. The number of hydrogen-bond acceptors (Lipinski definition) is 4. The molecule has 28 heavy (non-hydrogen) atoms. The van der Waals surface area contributed by atoms with Crippen molar-refractivity contribution in [3.05, 3.63) is 41.5 Å². The lowest BCUT2D eigenvalue weighted by atomic mass is 9.99. The predicted octanol–water partition coefficient (Wildman–Crippen LogP) is 2.62. The molecule has 2 aromatic rings. The summed E-state index contributed by atoms with van der Waals surface area (Å²) in [5.41, 5.74) is 2.59. The molecule has 0 saturated heterocycles. The fraction of sp³-hybridized carbons (Fsp3) is 0.524. The van der Waals surface area contributed by atoms with Gasteiger partial charge in [0.2, 0.25) is 0 Å². The number of aryl methyl sites for hydroxylation is 2. The van der Waals surface area contributed by atoms with E-state index in [1.807, 2.05) is 26.4 Å². The molecule has 2 heterocycles. The van der Waals surface area contributed by atoms with Gasteiger partial charge in [-0.2, -0.15) is 0 Å². The van der Waals surface area contributed by atoms with Crippen molar-refractivity contribution in [1.82, 2.24) is 19.8 Å². The van der Waals surface area contributed by atoms with Gasteiger partial charge in [-0.05, 0) is 49.4 Å². The molecule has 152 valence electrons. The second-order valence-corrected chi connectivity index (χ2v) is 7.00. The standard InChI is InChI=1S/C21H31N5O2/c1-16-23-9-12-25(16)10-6-5-8-24-21(22-2)26-11-7-17-13-19(27-3)20(28-4)14-18(17)15-26/h9,12-14H,5-8,10-11,15H2,1-4H3,(H,22,24). The molecule has 7 nitrogen and oxygen atoms in total. The number of fused-ring (bicyclic) bond motifs is 1. The number of ether oxygens (including phenoxy) is 2. The lowest BCUT2D eigenvalue weighted by molar-refractivity contribution is 0.346. The molecule has 7 heteroatoms. The van der Waals surface area contributed by atoms with Crippen LogP contribution in [0.4, 0.5) is 0 Å². The minimum absolute atomic E-state index is 0.779. The third-order valence-electron chi connectivity index (χ3n) is 5.26. The molecule has 0 radical (unpaired) electrons. The van der Waals surface area contributed by atoms with E-state index in [1.165, 1.54) is 11.1 Å². The molecule has 0 aliphatic carbocycles. The number of imidazole rings is 1. The second kappa shape index (κ2) is 9.48. The zero-order valence-corrected chi connectivity index (χ0v) is 17.4. The van der Waals surface area contributed by atoms with Gasteiger partial charge < -0.3 is 24.3 Å². The number of rotatable bonds is 7. The van der Waals surface area contributed by atoms with Crippen LogP contribution in [-0.4, -0.2) is 54.8 Å². The number of methoxy groups -OCH3 is 2. The van der Waals surface area contributed by atoms with Gasteiger partial charge in [-0.1, -0.05) is 0 Å². The van der Waals surface area contributed by atoms with Gasteiger partial charge in [-0.3, -0.25) is 4.99 Å². The van der Waals surface area contributed by atoms with Crippen LogP contribution >= 0.6 is 0 Å². The van der Waals surface area contributed by atoms with Crippen molar-refractivity contribution in [2.45, 2.75) is 39.3 Å². The first-order chi connectivity index (χ1) is 13.7. The molecular weight excluding hydrogens is 354 g/mol. The number of unbranched alkanes of at least 4 members (excludes halogenated alkanes) is 1. The first-order valence-electron chi connectivity index (χ1n) is 9.83. The van der Waals surface area contributed by atoms with Gasteiger partial charge in [0.1, 0.15) is 5.82 Å². The Kier molecular flexibility index (Phi) is 6.79. The Hall–Kier alpha value is -2.70. The molecule has 0 amide bonds. The van der Waals surface area contributed by atoms with E-state index in [4.69, 9.17) is 9.47 Å². The second-order valence-electron chi connectivity index (χ2n) is 7.00. The van der Waals surface area contributed by atoms with Crippen molar-refractivity contribution >= 4 is 5.96 Å². The summed E-state index contributed by atoms with van der Waals surface area (Å²) >= 11 is 0. The van der Waals surface area contributed by atoms with Crippen LogP contribution in [0, 0.1) is 6.92 Å². The Morgan fingerprint density at radius 3 is 2.57 bits per heavy atom. The maximum atomic E-state index is 5.46. The van der Waals surface area contributed by atoms with Crippen molar-refractivity contribution < 1.29 is 9.47 Å². The Balaban J connectivity index is 1.52. The summed E-state index contributed by atoms with van der Waals surface area (Å²) in [6.45, 7) is 5.72. The SMILES string of the molecule is CN=C(NCCCCn1ccnc1C)N1CCc2cc(OC)c(OC)cc2C1. The van der Waals surface area contributed by atoms with Crippen LogP contribution in [0.15, 0.2) is 29.5 Å². The smallest absolute Gasteiger partial charge is 0.193 e. The highest BCUT2D eigenvalue weighted by Gasteiger charge is 2.21. The van der Waals surface area contributed by atoms with Crippen molar-refractivity contribution in [2.24, 2.45) is 4.99 Å². The van der Waals surface area contributed by atoms with Crippen LogP contribution in [0.25, 0.3) is 0 Å². The summed E-state index contributed by atoms with van der Waals surface area (Å²) in [7, 11) is 5.21. The van der Waals surface area contributed by atoms with E-state index in [2.05, 4.69) is 36.9 Å². The van der Waals surface area contributed by atoms with E-state index >= 15 is 0 Å². The van der Waals surface area contributed by atoms with Crippen molar-refractivity contribution in [2.75, 3.05) is 34.4 Å². The highest BCUT2D eigenvalue weighted by Crippen LogP contribution is 2.33. The maximum absolute atomic E-state index is 5.46. The topological polar surface area (TPSA) is 63.9 Å². The summed E-state index contributed by atoms with van der Waals surface area (Å²) in [4.78, 5) is 11.0. The number of aromatic nitrogens is 2. The zero-order valence-electron chi connectivity index (χ0n) is 17.4. The third kappa shape index (κ3) is 4.58. The first kappa shape index (κ1) is 20.0. The minimum Gasteiger partial charge on any atom is -0.493 e. The summed E-state index contributed by atoms with van der Waals surface area (Å²) in [6.07, 6.45) is 7.06. The van der Waals surface area contributed by atoms with Crippen LogP contribution in [0.2, 0.25) is 0 Å². The summed E-state index contributed by atoms with van der Waals surface area (Å²) < 4.78 is 13.1. The van der Waals surface area contributed by atoms with Gasteiger partial charge in [0.15, 0.2) is 17.5 Å². The number of guanidine groups is 1. The maximum Gasteiger partial charge on any atom is 0.193 e. The molecule has 1 aromatic heterocycles.